The number of hydrogen-bond donors (Lipinski definition) is 2. The maximum absolute atomic E-state index is 13.6. The Morgan fingerprint density at radius 3 is 2.40 bits per heavy atom. The molecule has 3 nitrogen and oxygen atoms in total. The molecule has 0 heterocycles. The molecule has 0 aromatic heterocycles. The highest BCUT2D eigenvalue weighted by Crippen LogP contribution is 2.33. The number of carbonyl (C=O) groups excluding carboxylic acids is 1. The number of nitrogens with one attached hydrogen (secondary N) is 1. The minimum Gasteiger partial charge on any atom is -0.350 e. The lowest BCUT2D eigenvalue weighted by Crippen LogP contribution is -2.45. The molecule has 2 rings (SSSR count). The third-order valence-electron chi connectivity index (χ3n) is 3.43. The molecule has 0 bridgehead atoms. The smallest absolute Gasteiger partial charge is 0.350 e. The number of rotatable bonds is 4. The van der Waals surface area contributed by atoms with Gasteiger partial charge in [-0.25, -0.2) is 4.39 Å². The first-order chi connectivity index (χ1) is 11.5. The molecular weight excluding hydrogens is 336 g/mol. The van der Waals surface area contributed by atoms with E-state index in [1.807, 2.05) is 0 Å². The quantitative estimate of drug-likeness (QED) is 0.816. The highest BCUT2D eigenvalue weighted by molar-refractivity contribution is 6.01. The SMILES string of the molecule is CC(C)(N)CNC(=O)c1cc(F)ccc1-c1cccc(C(F)(F)F)c1. The van der Waals surface area contributed by atoms with Gasteiger partial charge in [-0.05, 0) is 49.2 Å². The van der Waals surface area contributed by atoms with E-state index in [9.17, 15) is 22.4 Å². The standard InChI is InChI=1S/C18H18F4N2O/c1-17(2,23)10-24-16(25)15-9-13(19)6-7-14(15)11-4-3-5-12(8-11)18(20,21)22/h3-9H,10,23H2,1-2H3,(H,24,25). The lowest BCUT2D eigenvalue weighted by Gasteiger charge is -2.20. The van der Waals surface area contributed by atoms with Gasteiger partial charge in [0.1, 0.15) is 5.82 Å². The minimum absolute atomic E-state index is 0.0522. The van der Waals surface area contributed by atoms with Crippen LogP contribution in [0.3, 0.4) is 0 Å². The van der Waals surface area contributed by atoms with Crippen molar-refractivity contribution in [2.75, 3.05) is 6.54 Å². The molecule has 0 saturated carbocycles. The lowest BCUT2D eigenvalue weighted by molar-refractivity contribution is -0.137. The number of amides is 1. The fourth-order valence-corrected chi connectivity index (χ4v) is 2.22. The molecule has 0 unspecified atom stereocenters. The van der Waals surface area contributed by atoms with Crippen LogP contribution in [-0.2, 0) is 6.18 Å². The zero-order valence-electron chi connectivity index (χ0n) is 13.7. The fraction of sp³-hybridized carbons (Fsp3) is 0.278. The second-order valence-corrected chi connectivity index (χ2v) is 6.44. The Bertz CT molecular complexity index is 779. The van der Waals surface area contributed by atoms with Gasteiger partial charge >= 0.3 is 6.18 Å². The molecular formula is C18H18F4N2O. The first-order valence-corrected chi connectivity index (χ1v) is 7.52. The molecule has 0 aliphatic rings. The Labute approximate surface area is 142 Å². The predicted octanol–water partition coefficient (Wildman–Crippen LogP) is 3.98. The Balaban J connectivity index is 2.44. The summed E-state index contributed by atoms with van der Waals surface area (Å²) in [5, 5.41) is 2.57. The van der Waals surface area contributed by atoms with Crippen molar-refractivity contribution >= 4 is 5.91 Å². The summed E-state index contributed by atoms with van der Waals surface area (Å²) in [7, 11) is 0. The third-order valence-corrected chi connectivity index (χ3v) is 3.43. The van der Waals surface area contributed by atoms with Crippen LogP contribution < -0.4 is 11.1 Å². The van der Waals surface area contributed by atoms with Crippen LogP contribution in [0.2, 0.25) is 0 Å². The van der Waals surface area contributed by atoms with Gasteiger partial charge in [0, 0.05) is 12.1 Å². The van der Waals surface area contributed by atoms with Gasteiger partial charge < -0.3 is 11.1 Å². The summed E-state index contributed by atoms with van der Waals surface area (Å²) in [6.45, 7) is 3.53. The second kappa shape index (κ2) is 6.84. The molecule has 134 valence electrons. The first kappa shape index (κ1) is 18.9. The van der Waals surface area contributed by atoms with Gasteiger partial charge in [-0.3, -0.25) is 4.79 Å². The number of carbonyl (C=O) groups is 1. The van der Waals surface area contributed by atoms with Gasteiger partial charge in [0.05, 0.1) is 11.1 Å². The molecule has 0 aliphatic heterocycles. The summed E-state index contributed by atoms with van der Waals surface area (Å²) in [6, 6.07) is 7.92. The van der Waals surface area contributed by atoms with E-state index in [4.69, 9.17) is 5.73 Å². The fourth-order valence-electron chi connectivity index (χ4n) is 2.22. The van der Waals surface area contributed by atoms with Crippen molar-refractivity contribution in [3.8, 4) is 11.1 Å². The summed E-state index contributed by atoms with van der Waals surface area (Å²) < 4.78 is 52.3. The second-order valence-electron chi connectivity index (χ2n) is 6.44. The predicted molar refractivity (Wildman–Crippen MR) is 87.4 cm³/mol. The minimum atomic E-state index is -4.51. The van der Waals surface area contributed by atoms with Gasteiger partial charge in [-0.15, -0.1) is 0 Å². The van der Waals surface area contributed by atoms with Crippen molar-refractivity contribution in [1.29, 1.82) is 0 Å². The zero-order valence-corrected chi connectivity index (χ0v) is 13.7. The van der Waals surface area contributed by atoms with Crippen molar-refractivity contribution in [3.05, 3.63) is 59.4 Å². The first-order valence-electron chi connectivity index (χ1n) is 7.52. The van der Waals surface area contributed by atoms with Gasteiger partial charge in [0.2, 0.25) is 0 Å². The number of benzene rings is 2. The Morgan fingerprint density at radius 1 is 1.12 bits per heavy atom. The number of halogens is 4. The Kier molecular flexibility index (Phi) is 5.17. The van der Waals surface area contributed by atoms with Crippen molar-refractivity contribution in [1.82, 2.24) is 5.32 Å². The molecule has 7 heteroatoms. The van der Waals surface area contributed by atoms with Crippen LogP contribution in [0.25, 0.3) is 11.1 Å². The zero-order chi connectivity index (χ0) is 18.8. The molecule has 1 amide bonds. The van der Waals surface area contributed by atoms with Crippen LogP contribution >= 0.6 is 0 Å². The van der Waals surface area contributed by atoms with E-state index < -0.39 is 29.0 Å². The summed E-state index contributed by atoms with van der Waals surface area (Å²) in [5.74, 6) is -1.27. The van der Waals surface area contributed by atoms with E-state index in [0.717, 1.165) is 24.3 Å². The highest BCUT2D eigenvalue weighted by Gasteiger charge is 2.30. The monoisotopic (exact) mass is 354 g/mol. The van der Waals surface area contributed by atoms with Crippen LogP contribution in [-0.4, -0.2) is 18.0 Å². The summed E-state index contributed by atoms with van der Waals surface area (Å²) >= 11 is 0. The van der Waals surface area contributed by atoms with E-state index >= 15 is 0 Å². The summed E-state index contributed by atoms with van der Waals surface area (Å²) in [4.78, 5) is 12.4. The normalized spacial score (nSPS) is 12.1. The number of hydrogen-bond acceptors (Lipinski definition) is 2. The molecule has 25 heavy (non-hydrogen) atoms. The van der Waals surface area contributed by atoms with Gasteiger partial charge in [0.15, 0.2) is 0 Å². The lowest BCUT2D eigenvalue weighted by atomic mass is 9.97. The average molecular weight is 354 g/mol. The number of alkyl halides is 3. The Morgan fingerprint density at radius 2 is 1.80 bits per heavy atom. The van der Waals surface area contributed by atoms with Crippen molar-refractivity contribution in [2.24, 2.45) is 5.73 Å². The van der Waals surface area contributed by atoms with Crippen LogP contribution in [0.4, 0.5) is 17.6 Å². The van der Waals surface area contributed by atoms with E-state index in [0.29, 0.717) is 0 Å². The molecule has 2 aromatic rings. The maximum atomic E-state index is 13.6. The van der Waals surface area contributed by atoms with E-state index in [2.05, 4.69) is 5.32 Å². The number of nitrogens with two attached hydrogens (primary N) is 1. The molecule has 0 spiro atoms. The van der Waals surface area contributed by atoms with Crippen LogP contribution in [0.5, 0.6) is 0 Å². The maximum Gasteiger partial charge on any atom is 0.416 e. The molecule has 0 radical (unpaired) electrons. The third kappa shape index (κ3) is 5.03. The largest absolute Gasteiger partial charge is 0.416 e. The average Bonchev–Trinajstić information content (AvgIpc) is 2.51. The van der Waals surface area contributed by atoms with Crippen molar-refractivity contribution in [3.63, 3.8) is 0 Å². The highest BCUT2D eigenvalue weighted by atomic mass is 19.4. The van der Waals surface area contributed by atoms with Crippen LogP contribution in [0.15, 0.2) is 42.5 Å². The van der Waals surface area contributed by atoms with Gasteiger partial charge in [-0.2, -0.15) is 13.2 Å². The molecule has 0 atom stereocenters. The molecule has 0 aliphatic carbocycles. The molecule has 3 N–H and O–H groups in total. The van der Waals surface area contributed by atoms with Gasteiger partial charge in [0.25, 0.3) is 5.91 Å². The summed E-state index contributed by atoms with van der Waals surface area (Å²) in [5.41, 5.74) is 4.60. The van der Waals surface area contributed by atoms with Crippen molar-refractivity contribution in [2.45, 2.75) is 25.6 Å². The van der Waals surface area contributed by atoms with Gasteiger partial charge in [-0.1, -0.05) is 18.2 Å². The Hall–Kier alpha value is -2.41. The topological polar surface area (TPSA) is 55.1 Å². The van der Waals surface area contributed by atoms with E-state index in [1.165, 1.54) is 18.2 Å². The van der Waals surface area contributed by atoms with Crippen LogP contribution in [0.1, 0.15) is 29.8 Å². The molecule has 0 saturated heterocycles. The van der Waals surface area contributed by atoms with Crippen LogP contribution in [0, 0.1) is 5.82 Å². The van der Waals surface area contributed by atoms with Crippen molar-refractivity contribution < 1.29 is 22.4 Å². The molecule has 2 aromatic carbocycles. The van der Waals surface area contributed by atoms with E-state index in [1.54, 1.807) is 13.8 Å². The van der Waals surface area contributed by atoms with E-state index in [-0.39, 0.29) is 23.2 Å². The summed E-state index contributed by atoms with van der Waals surface area (Å²) in [6.07, 6.45) is -4.51. The molecule has 0 fully saturated rings.